The molecule has 0 saturated heterocycles. The van der Waals surface area contributed by atoms with E-state index in [1.165, 1.54) is 27.6 Å². The minimum atomic E-state index is -0.555. The zero-order chi connectivity index (χ0) is 42.2. The summed E-state index contributed by atoms with van der Waals surface area (Å²) in [6.07, 6.45) is 0. The van der Waals surface area contributed by atoms with E-state index in [1.807, 2.05) is 36.4 Å². The summed E-state index contributed by atoms with van der Waals surface area (Å²) in [6, 6.07) is 79.6. The Balaban J connectivity index is 0.958. The zero-order valence-electron chi connectivity index (χ0n) is 34.6. The van der Waals surface area contributed by atoms with E-state index in [9.17, 15) is 0 Å². The molecule has 0 unspecified atom stereocenters. The predicted octanol–water partition coefficient (Wildman–Crippen LogP) is 15.0. The SMILES string of the molecule is c1ccc(-c2cc(-c3ccc(-c4cccc(-c5nc6ccccc6c6cc7c(cc56)-c5ccccc5C75c6ccccc6Oc6ccccc65)c4)cc3)nc(-c3ccccc3)n2)cc1. The summed E-state index contributed by atoms with van der Waals surface area (Å²) < 4.78 is 6.63. The number of pyridine rings is 1. The highest BCUT2D eigenvalue weighted by molar-refractivity contribution is 6.13. The highest BCUT2D eigenvalue weighted by Crippen LogP contribution is 2.62. The van der Waals surface area contributed by atoms with Gasteiger partial charge in [-0.15, -0.1) is 0 Å². The van der Waals surface area contributed by atoms with Crippen molar-refractivity contribution in [3.63, 3.8) is 0 Å². The molecule has 0 saturated carbocycles. The number of benzene rings is 9. The summed E-state index contributed by atoms with van der Waals surface area (Å²) >= 11 is 0. The molecular formula is C60H37N3O. The first-order valence-electron chi connectivity index (χ1n) is 21.8. The third kappa shape index (κ3) is 5.52. The third-order valence-corrected chi connectivity index (χ3v) is 13.1. The van der Waals surface area contributed by atoms with Gasteiger partial charge in [-0.1, -0.05) is 182 Å². The van der Waals surface area contributed by atoms with Crippen molar-refractivity contribution in [3.8, 4) is 78.9 Å². The van der Waals surface area contributed by atoms with Crippen LogP contribution >= 0.6 is 0 Å². The van der Waals surface area contributed by atoms with E-state index in [1.54, 1.807) is 0 Å². The quantitative estimate of drug-likeness (QED) is 0.162. The summed E-state index contributed by atoms with van der Waals surface area (Å²) in [6.45, 7) is 0. The lowest BCUT2D eigenvalue weighted by molar-refractivity contribution is 0.436. The number of fused-ring (bicyclic) bond motifs is 12. The van der Waals surface area contributed by atoms with Crippen LogP contribution in [0.15, 0.2) is 224 Å². The molecule has 0 atom stereocenters. The third-order valence-electron chi connectivity index (χ3n) is 13.1. The molecule has 13 rings (SSSR count). The first kappa shape index (κ1) is 36.2. The molecule has 0 amide bonds. The maximum absolute atomic E-state index is 6.63. The van der Waals surface area contributed by atoms with Gasteiger partial charge < -0.3 is 4.74 Å². The Morgan fingerprint density at radius 2 is 0.875 bits per heavy atom. The molecule has 1 spiro atoms. The normalized spacial score (nSPS) is 12.9. The molecule has 0 bridgehead atoms. The number of ether oxygens (including phenoxy) is 1. The van der Waals surface area contributed by atoms with Crippen molar-refractivity contribution in [1.29, 1.82) is 0 Å². The molecule has 1 aliphatic carbocycles. The van der Waals surface area contributed by atoms with Gasteiger partial charge in [-0.3, -0.25) is 0 Å². The predicted molar refractivity (Wildman–Crippen MR) is 259 cm³/mol. The fraction of sp³-hybridized carbons (Fsp3) is 0.0167. The number of para-hydroxylation sites is 3. The van der Waals surface area contributed by atoms with Crippen molar-refractivity contribution < 1.29 is 4.74 Å². The van der Waals surface area contributed by atoms with E-state index in [-0.39, 0.29) is 0 Å². The number of hydrogen-bond acceptors (Lipinski definition) is 4. The summed E-state index contributed by atoms with van der Waals surface area (Å²) in [5, 5.41) is 3.43. The number of nitrogens with zero attached hydrogens (tertiary/aromatic N) is 3. The molecule has 4 nitrogen and oxygen atoms in total. The second-order valence-corrected chi connectivity index (χ2v) is 16.7. The van der Waals surface area contributed by atoms with Gasteiger partial charge in [-0.05, 0) is 81.2 Å². The first-order valence-corrected chi connectivity index (χ1v) is 21.8. The molecule has 2 aromatic heterocycles. The van der Waals surface area contributed by atoms with Gasteiger partial charge in [0.2, 0.25) is 0 Å². The Labute approximate surface area is 370 Å². The molecule has 2 aliphatic rings. The van der Waals surface area contributed by atoms with E-state index in [0.717, 1.165) is 89.4 Å². The van der Waals surface area contributed by atoms with Crippen LogP contribution in [0.4, 0.5) is 0 Å². The first-order chi connectivity index (χ1) is 31.7. The molecule has 3 heterocycles. The summed E-state index contributed by atoms with van der Waals surface area (Å²) in [5.41, 5.74) is 16.8. The van der Waals surface area contributed by atoms with Crippen LogP contribution < -0.4 is 4.74 Å². The molecule has 298 valence electrons. The van der Waals surface area contributed by atoms with Crippen molar-refractivity contribution in [1.82, 2.24) is 15.0 Å². The van der Waals surface area contributed by atoms with Crippen LogP contribution in [-0.4, -0.2) is 15.0 Å². The Kier molecular flexibility index (Phi) is 8.09. The minimum Gasteiger partial charge on any atom is -0.457 e. The summed E-state index contributed by atoms with van der Waals surface area (Å²) in [5.74, 6) is 2.48. The van der Waals surface area contributed by atoms with Gasteiger partial charge in [0.05, 0.1) is 28.0 Å². The lowest BCUT2D eigenvalue weighted by Crippen LogP contribution is -2.32. The molecule has 1 aliphatic heterocycles. The maximum atomic E-state index is 6.63. The fourth-order valence-electron chi connectivity index (χ4n) is 10.3. The van der Waals surface area contributed by atoms with Crippen molar-refractivity contribution in [3.05, 3.63) is 247 Å². The van der Waals surface area contributed by atoms with Crippen LogP contribution in [0.3, 0.4) is 0 Å². The number of rotatable bonds is 5. The van der Waals surface area contributed by atoms with E-state index in [4.69, 9.17) is 19.7 Å². The van der Waals surface area contributed by atoms with Crippen molar-refractivity contribution in [2.45, 2.75) is 5.41 Å². The van der Waals surface area contributed by atoms with Gasteiger partial charge in [0, 0.05) is 44.2 Å². The van der Waals surface area contributed by atoms with Crippen LogP contribution in [0, 0.1) is 0 Å². The zero-order valence-corrected chi connectivity index (χ0v) is 34.6. The van der Waals surface area contributed by atoms with Crippen molar-refractivity contribution in [2.24, 2.45) is 0 Å². The van der Waals surface area contributed by atoms with Gasteiger partial charge in [0.15, 0.2) is 5.82 Å². The molecule has 0 N–H and O–H groups in total. The van der Waals surface area contributed by atoms with Crippen molar-refractivity contribution in [2.75, 3.05) is 0 Å². The largest absolute Gasteiger partial charge is 0.457 e. The minimum absolute atomic E-state index is 0.555. The van der Waals surface area contributed by atoms with E-state index >= 15 is 0 Å². The molecule has 0 radical (unpaired) electrons. The Morgan fingerprint density at radius 1 is 0.312 bits per heavy atom. The molecule has 9 aromatic carbocycles. The maximum Gasteiger partial charge on any atom is 0.160 e. The molecule has 64 heavy (non-hydrogen) atoms. The number of hydrogen-bond donors (Lipinski definition) is 0. The Bertz CT molecular complexity index is 3530. The van der Waals surface area contributed by atoms with Gasteiger partial charge in [-0.25, -0.2) is 15.0 Å². The van der Waals surface area contributed by atoms with E-state index < -0.39 is 5.41 Å². The average Bonchev–Trinajstić information content (AvgIpc) is 3.65. The van der Waals surface area contributed by atoms with Crippen LogP contribution in [-0.2, 0) is 5.41 Å². The van der Waals surface area contributed by atoms with Gasteiger partial charge in [0.25, 0.3) is 0 Å². The summed E-state index contributed by atoms with van der Waals surface area (Å²) in [7, 11) is 0. The van der Waals surface area contributed by atoms with Crippen LogP contribution in [0.1, 0.15) is 22.3 Å². The van der Waals surface area contributed by atoms with E-state index in [0.29, 0.717) is 5.82 Å². The molecule has 11 aromatic rings. The molecule has 0 fully saturated rings. The van der Waals surface area contributed by atoms with Gasteiger partial charge in [0.1, 0.15) is 11.5 Å². The van der Waals surface area contributed by atoms with Crippen LogP contribution in [0.25, 0.3) is 89.1 Å². The van der Waals surface area contributed by atoms with Crippen molar-refractivity contribution >= 4 is 21.7 Å². The molecular weight excluding hydrogens is 779 g/mol. The van der Waals surface area contributed by atoms with Crippen LogP contribution in [0.2, 0.25) is 0 Å². The Morgan fingerprint density at radius 3 is 1.61 bits per heavy atom. The summed E-state index contributed by atoms with van der Waals surface area (Å²) in [4.78, 5) is 15.5. The fourth-order valence-corrected chi connectivity index (χ4v) is 10.3. The second kappa shape index (κ2) is 14.3. The molecule has 4 heteroatoms. The Hall–Kier alpha value is -8.47. The topological polar surface area (TPSA) is 47.9 Å². The smallest absolute Gasteiger partial charge is 0.160 e. The standard InChI is InChI=1S/C60H37N3O/c1-3-16-39(17-4-1)54-37-55(63-59(62-54)41-18-5-2-6-19-41)40-32-30-38(31-33-40)42-20-15-21-43(34-42)58-48-35-47-44-22-7-9-24-49(44)60(52(47)36-46(48)45-23-8-12-27-53(45)61-58)50-25-10-13-28-56(50)64-57-29-14-11-26-51(57)60/h1-37H. The van der Waals surface area contributed by atoms with Gasteiger partial charge >= 0.3 is 0 Å². The van der Waals surface area contributed by atoms with Crippen LogP contribution in [0.5, 0.6) is 11.5 Å². The number of aromatic nitrogens is 3. The van der Waals surface area contributed by atoms with E-state index in [2.05, 4.69) is 188 Å². The second-order valence-electron chi connectivity index (χ2n) is 16.7. The van der Waals surface area contributed by atoms with Gasteiger partial charge in [-0.2, -0.15) is 0 Å². The highest BCUT2D eigenvalue weighted by atomic mass is 16.5. The average molecular weight is 816 g/mol. The highest BCUT2D eigenvalue weighted by Gasteiger charge is 2.51. The monoisotopic (exact) mass is 815 g/mol. The lowest BCUT2D eigenvalue weighted by Gasteiger charge is -2.39. The lowest BCUT2D eigenvalue weighted by atomic mass is 9.66.